The minimum atomic E-state index is -0.201. The SMILES string of the molecule is COc1ccc2c(c1)[C@@]1(C)CCCCC[C@@H](C2)C1O. The van der Waals surface area contributed by atoms with E-state index in [2.05, 4.69) is 25.1 Å². The Bertz CT molecular complexity index is 468. The smallest absolute Gasteiger partial charge is 0.119 e. The molecule has 0 radical (unpaired) electrons. The van der Waals surface area contributed by atoms with Gasteiger partial charge in [0.1, 0.15) is 5.75 Å². The summed E-state index contributed by atoms with van der Waals surface area (Å²) in [7, 11) is 1.71. The predicted molar refractivity (Wildman–Crippen MR) is 76.6 cm³/mol. The molecule has 1 fully saturated rings. The standard InChI is InChI=1S/C17H24O2/c1-17-9-5-3-4-6-13(16(17)18)10-12-7-8-14(19-2)11-15(12)17/h7-8,11,13,16,18H,3-6,9-10H2,1-2H3/t13-,16?,17+/m0/s1. The van der Waals surface area contributed by atoms with E-state index in [1.807, 2.05) is 0 Å². The van der Waals surface area contributed by atoms with Crippen molar-refractivity contribution < 1.29 is 9.84 Å². The molecule has 0 aliphatic heterocycles. The lowest BCUT2D eigenvalue weighted by Gasteiger charge is -2.46. The number of rotatable bonds is 1. The Hall–Kier alpha value is -1.02. The normalized spacial score (nSPS) is 34.1. The maximum absolute atomic E-state index is 10.8. The highest BCUT2D eigenvalue weighted by atomic mass is 16.5. The van der Waals surface area contributed by atoms with Crippen molar-refractivity contribution in [1.29, 1.82) is 0 Å². The third kappa shape index (κ3) is 2.06. The Balaban J connectivity index is 2.09. The van der Waals surface area contributed by atoms with E-state index in [4.69, 9.17) is 4.74 Å². The Labute approximate surface area is 115 Å². The second-order valence-electron chi connectivity index (χ2n) is 6.45. The molecule has 1 N–H and O–H groups in total. The van der Waals surface area contributed by atoms with E-state index in [0.29, 0.717) is 5.92 Å². The molecule has 0 amide bonds. The van der Waals surface area contributed by atoms with E-state index >= 15 is 0 Å². The van der Waals surface area contributed by atoms with Crippen LogP contribution in [0.5, 0.6) is 5.75 Å². The first-order valence-corrected chi connectivity index (χ1v) is 7.50. The second-order valence-corrected chi connectivity index (χ2v) is 6.45. The van der Waals surface area contributed by atoms with Crippen LogP contribution < -0.4 is 4.74 Å². The Morgan fingerprint density at radius 1 is 1.26 bits per heavy atom. The van der Waals surface area contributed by atoms with Gasteiger partial charge >= 0.3 is 0 Å². The summed E-state index contributed by atoms with van der Waals surface area (Å²) in [5.74, 6) is 1.35. The zero-order valence-electron chi connectivity index (χ0n) is 12.0. The molecule has 0 aromatic heterocycles. The summed E-state index contributed by atoms with van der Waals surface area (Å²) in [6, 6.07) is 6.41. The van der Waals surface area contributed by atoms with Gasteiger partial charge in [0.25, 0.3) is 0 Å². The molecule has 0 saturated heterocycles. The number of methoxy groups -OCH3 is 1. The van der Waals surface area contributed by atoms with Crippen molar-refractivity contribution in [3.8, 4) is 5.75 Å². The zero-order chi connectivity index (χ0) is 13.5. The molecule has 2 nitrogen and oxygen atoms in total. The summed E-state index contributed by atoms with van der Waals surface area (Å²) in [6.45, 7) is 2.24. The van der Waals surface area contributed by atoms with Gasteiger partial charge in [-0.15, -0.1) is 0 Å². The number of hydrogen-bond acceptors (Lipinski definition) is 2. The van der Waals surface area contributed by atoms with Gasteiger partial charge in [0, 0.05) is 5.41 Å². The molecule has 0 spiro atoms. The monoisotopic (exact) mass is 260 g/mol. The van der Waals surface area contributed by atoms with E-state index in [1.54, 1.807) is 7.11 Å². The third-order valence-corrected chi connectivity index (χ3v) is 5.28. The van der Waals surface area contributed by atoms with Crippen LogP contribution >= 0.6 is 0 Å². The molecule has 104 valence electrons. The number of hydrogen-bond donors (Lipinski definition) is 1. The quantitative estimate of drug-likeness (QED) is 0.838. The van der Waals surface area contributed by atoms with Gasteiger partial charge in [-0.2, -0.15) is 0 Å². The van der Waals surface area contributed by atoms with E-state index in [9.17, 15) is 5.11 Å². The minimum absolute atomic E-state index is 0.0901. The largest absolute Gasteiger partial charge is 0.497 e. The van der Waals surface area contributed by atoms with Crippen molar-refractivity contribution in [3.05, 3.63) is 29.3 Å². The van der Waals surface area contributed by atoms with Gasteiger partial charge in [0.15, 0.2) is 0 Å². The van der Waals surface area contributed by atoms with Crippen LogP contribution in [-0.4, -0.2) is 18.3 Å². The number of benzene rings is 1. The van der Waals surface area contributed by atoms with Gasteiger partial charge in [-0.1, -0.05) is 32.3 Å². The molecule has 2 bridgehead atoms. The average molecular weight is 260 g/mol. The van der Waals surface area contributed by atoms with Crippen molar-refractivity contribution in [1.82, 2.24) is 0 Å². The van der Waals surface area contributed by atoms with E-state index in [0.717, 1.165) is 18.6 Å². The maximum Gasteiger partial charge on any atom is 0.119 e. The Morgan fingerprint density at radius 2 is 2.11 bits per heavy atom. The lowest BCUT2D eigenvalue weighted by molar-refractivity contribution is 0.00884. The molecule has 2 aliphatic carbocycles. The summed E-state index contributed by atoms with van der Waals surface area (Å²) in [4.78, 5) is 0. The Kier molecular flexibility index (Phi) is 3.30. The molecule has 3 rings (SSSR count). The van der Waals surface area contributed by atoms with Crippen LogP contribution in [0.3, 0.4) is 0 Å². The summed E-state index contributed by atoms with van der Waals surface area (Å²) < 4.78 is 5.37. The molecule has 1 aromatic rings. The number of aliphatic hydroxyl groups is 1. The van der Waals surface area contributed by atoms with Crippen molar-refractivity contribution >= 4 is 0 Å². The summed E-state index contributed by atoms with van der Waals surface area (Å²) in [5, 5.41) is 10.8. The maximum atomic E-state index is 10.8. The van der Waals surface area contributed by atoms with Crippen molar-refractivity contribution in [2.45, 2.75) is 57.0 Å². The first kappa shape index (κ1) is 13.0. The summed E-state index contributed by atoms with van der Waals surface area (Å²) >= 11 is 0. The summed E-state index contributed by atoms with van der Waals surface area (Å²) in [6.07, 6.45) is 6.87. The topological polar surface area (TPSA) is 29.5 Å². The van der Waals surface area contributed by atoms with Gasteiger partial charge in [0.2, 0.25) is 0 Å². The molecular weight excluding hydrogens is 236 g/mol. The van der Waals surface area contributed by atoms with Gasteiger partial charge in [0.05, 0.1) is 13.2 Å². The summed E-state index contributed by atoms with van der Waals surface area (Å²) in [5.41, 5.74) is 2.64. The lowest BCUT2D eigenvalue weighted by atomic mass is 9.61. The van der Waals surface area contributed by atoms with E-state index in [-0.39, 0.29) is 11.5 Å². The van der Waals surface area contributed by atoms with Crippen LogP contribution in [-0.2, 0) is 11.8 Å². The van der Waals surface area contributed by atoms with Crippen LogP contribution in [0, 0.1) is 5.92 Å². The van der Waals surface area contributed by atoms with Gasteiger partial charge in [-0.25, -0.2) is 0 Å². The van der Waals surface area contributed by atoms with Crippen LogP contribution in [0.1, 0.15) is 50.2 Å². The third-order valence-electron chi connectivity index (χ3n) is 5.28. The first-order valence-electron chi connectivity index (χ1n) is 7.50. The number of aliphatic hydroxyl groups excluding tert-OH is 1. The van der Waals surface area contributed by atoms with Crippen LogP contribution in [0.15, 0.2) is 18.2 Å². The van der Waals surface area contributed by atoms with Gasteiger partial charge in [-0.05, 0) is 48.4 Å². The van der Waals surface area contributed by atoms with E-state index < -0.39 is 0 Å². The van der Waals surface area contributed by atoms with Crippen LogP contribution in [0.4, 0.5) is 0 Å². The molecule has 0 heterocycles. The van der Waals surface area contributed by atoms with Crippen molar-refractivity contribution in [2.75, 3.05) is 7.11 Å². The Morgan fingerprint density at radius 3 is 2.89 bits per heavy atom. The molecule has 1 saturated carbocycles. The van der Waals surface area contributed by atoms with Gasteiger partial charge in [-0.3, -0.25) is 0 Å². The van der Waals surface area contributed by atoms with Crippen molar-refractivity contribution in [3.63, 3.8) is 0 Å². The first-order chi connectivity index (χ1) is 9.15. The van der Waals surface area contributed by atoms with Crippen LogP contribution in [0.2, 0.25) is 0 Å². The number of ether oxygens (including phenoxy) is 1. The highest BCUT2D eigenvalue weighted by Gasteiger charge is 2.44. The highest BCUT2D eigenvalue weighted by Crippen LogP contribution is 2.47. The fourth-order valence-electron chi connectivity index (χ4n) is 4.08. The molecule has 2 heteroatoms. The minimum Gasteiger partial charge on any atom is -0.497 e. The van der Waals surface area contributed by atoms with Crippen LogP contribution in [0.25, 0.3) is 0 Å². The fourth-order valence-corrected chi connectivity index (χ4v) is 4.08. The molecular formula is C17H24O2. The van der Waals surface area contributed by atoms with E-state index in [1.165, 1.54) is 36.8 Å². The lowest BCUT2D eigenvalue weighted by Crippen LogP contribution is -2.47. The van der Waals surface area contributed by atoms with Gasteiger partial charge < -0.3 is 9.84 Å². The molecule has 1 aromatic carbocycles. The number of fused-ring (bicyclic) bond motifs is 4. The second kappa shape index (κ2) is 4.82. The highest BCUT2D eigenvalue weighted by molar-refractivity contribution is 5.43. The zero-order valence-corrected chi connectivity index (χ0v) is 12.0. The average Bonchev–Trinajstić information content (AvgIpc) is 2.43. The molecule has 19 heavy (non-hydrogen) atoms. The predicted octanol–water partition coefficient (Wildman–Crippen LogP) is 3.45. The molecule has 1 unspecified atom stereocenters. The van der Waals surface area contributed by atoms with Crippen molar-refractivity contribution in [2.24, 2.45) is 5.92 Å². The fraction of sp³-hybridized carbons (Fsp3) is 0.647. The molecule has 2 aliphatic rings. The molecule has 3 atom stereocenters.